The highest BCUT2D eigenvalue weighted by Crippen LogP contribution is 2.54. The van der Waals surface area contributed by atoms with Crippen LogP contribution in [-0.4, -0.2) is 12.5 Å². The minimum Gasteiger partial charge on any atom is -0.354 e. The molecule has 124 valence electrons. The van der Waals surface area contributed by atoms with Gasteiger partial charge >= 0.3 is 0 Å². The van der Waals surface area contributed by atoms with Gasteiger partial charge in [0.25, 0.3) is 0 Å². The number of carbonyl (C=O) groups is 1. The molecule has 0 aliphatic heterocycles. The zero-order valence-electron chi connectivity index (χ0n) is 14.1. The molecular weight excluding hydrogens is 296 g/mol. The predicted molar refractivity (Wildman–Crippen MR) is 94.2 cm³/mol. The molecule has 3 atom stereocenters. The van der Waals surface area contributed by atoms with Gasteiger partial charge in [-0.3, -0.25) is 4.79 Å². The van der Waals surface area contributed by atoms with Crippen molar-refractivity contribution in [3.8, 4) is 0 Å². The fourth-order valence-electron chi connectivity index (χ4n) is 2.79. The van der Waals surface area contributed by atoms with E-state index in [1.807, 2.05) is 0 Å². The number of nitrogens with two attached hydrogens (primary N) is 1. The molecule has 1 amide bonds. The Hall–Kier alpha value is -1.06. The van der Waals surface area contributed by atoms with Crippen molar-refractivity contribution in [3.63, 3.8) is 0 Å². The van der Waals surface area contributed by atoms with Crippen molar-refractivity contribution < 1.29 is 4.79 Å². The van der Waals surface area contributed by atoms with E-state index in [1.54, 1.807) is 0 Å². The lowest BCUT2D eigenvalue weighted by Crippen LogP contribution is -2.33. The average Bonchev–Trinajstić information content (AvgIpc) is 3.17. The molecule has 0 saturated heterocycles. The first-order chi connectivity index (χ1) is 9.87. The summed E-state index contributed by atoms with van der Waals surface area (Å²) in [4.78, 5) is 12.1. The number of halogens is 1. The highest BCUT2D eigenvalue weighted by atomic mass is 35.5. The van der Waals surface area contributed by atoms with Gasteiger partial charge < -0.3 is 11.1 Å². The Balaban J connectivity index is 0.00000242. The second-order valence-electron chi connectivity index (χ2n) is 6.94. The van der Waals surface area contributed by atoms with Crippen molar-refractivity contribution in [1.29, 1.82) is 0 Å². The van der Waals surface area contributed by atoms with Crippen LogP contribution < -0.4 is 11.1 Å². The third-order valence-electron chi connectivity index (χ3n) is 5.00. The Kier molecular flexibility index (Phi) is 6.45. The van der Waals surface area contributed by atoms with Crippen LogP contribution in [0.25, 0.3) is 0 Å². The predicted octanol–water partition coefficient (Wildman–Crippen LogP) is 3.78. The van der Waals surface area contributed by atoms with Gasteiger partial charge in [0.1, 0.15) is 0 Å². The van der Waals surface area contributed by atoms with Gasteiger partial charge in [-0.2, -0.15) is 0 Å². The molecule has 0 bridgehead atoms. The van der Waals surface area contributed by atoms with Gasteiger partial charge in [-0.25, -0.2) is 0 Å². The van der Waals surface area contributed by atoms with Gasteiger partial charge in [-0.1, -0.05) is 52.0 Å². The molecule has 1 aliphatic rings. The first kappa shape index (κ1) is 19.0. The van der Waals surface area contributed by atoms with Crippen LogP contribution in [0.4, 0.5) is 0 Å². The molecule has 22 heavy (non-hydrogen) atoms. The summed E-state index contributed by atoms with van der Waals surface area (Å²) in [6.45, 7) is 9.19. The summed E-state index contributed by atoms with van der Waals surface area (Å²) in [5.41, 5.74) is 8.78. The Morgan fingerprint density at radius 3 is 2.32 bits per heavy atom. The smallest absolute Gasteiger partial charge is 0.223 e. The maximum absolute atomic E-state index is 12.1. The lowest BCUT2D eigenvalue weighted by atomic mass is 9.99. The third kappa shape index (κ3) is 4.23. The Morgan fingerprint density at radius 2 is 1.86 bits per heavy atom. The van der Waals surface area contributed by atoms with Gasteiger partial charge in [-0.15, -0.1) is 12.4 Å². The standard InChI is InChI=1S/C18H28N2O.ClH/c1-5-18(4)10-15(18)17(21)20-11-16(19)14-8-6-13(7-9-14)12(2)3;/h6-9,12,15-16H,5,10-11,19H2,1-4H3,(H,20,21);1H. The van der Waals surface area contributed by atoms with E-state index in [0.29, 0.717) is 12.5 Å². The molecule has 1 aromatic rings. The van der Waals surface area contributed by atoms with Crippen molar-refractivity contribution in [2.24, 2.45) is 17.1 Å². The van der Waals surface area contributed by atoms with E-state index >= 15 is 0 Å². The molecule has 3 N–H and O–H groups in total. The second-order valence-corrected chi connectivity index (χ2v) is 6.94. The molecule has 3 unspecified atom stereocenters. The molecule has 1 saturated carbocycles. The quantitative estimate of drug-likeness (QED) is 0.836. The number of hydrogen-bond acceptors (Lipinski definition) is 2. The summed E-state index contributed by atoms with van der Waals surface area (Å²) in [6, 6.07) is 8.24. The van der Waals surface area contributed by atoms with Gasteiger partial charge in [0.15, 0.2) is 0 Å². The molecule has 4 heteroatoms. The first-order valence-electron chi connectivity index (χ1n) is 8.00. The van der Waals surface area contributed by atoms with Crippen molar-refractivity contribution >= 4 is 18.3 Å². The van der Waals surface area contributed by atoms with Gasteiger partial charge in [0.2, 0.25) is 5.91 Å². The molecule has 0 radical (unpaired) electrons. The second kappa shape index (κ2) is 7.47. The minimum atomic E-state index is -0.137. The molecule has 3 nitrogen and oxygen atoms in total. The average molecular weight is 325 g/mol. The SMILES string of the molecule is CCC1(C)CC1C(=O)NCC(N)c1ccc(C(C)C)cc1.Cl. The van der Waals surface area contributed by atoms with E-state index in [9.17, 15) is 4.79 Å². The number of hydrogen-bond donors (Lipinski definition) is 2. The molecule has 1 aromatic carbocycles. The van der Waals surface area contributed by atoms with Crippen LogP contribution in [0.1, 0.15) is 63.6 Å². The number of rotatable bonds is 6. The lowest BCUT2D eigenvalue weighted by Gasteiger charge is -2.15. The minimum absolute atomic E-state index is 0. The monoisotopic (exact) mass is 324 g/mol. The Morgan fingerprint density at radius 1 is 1.32 bits per heavy atom. The topological polar surface area (TPSA) is 55.1 Å². The van der Waals surface area contributed by atoms with Crippen molar-refractivity contribution in [3.05, 3.63) is 35.4 Å². The molecule has 1 fully saturated rings. The summed E-state index contributed by atoms with van der Waals surface area (Å²) in [6.07, 6.45) is 2.07. The Labute approximate surface area is 140 Å². The van der Waals surface area contributed by atoms with Crippen LogP contribution in [0.15, 0.2) is 24.3 Å². The number of benzene rings is 1. The van der Waals surface area contributed by atoms with E-state index in [1.165, 1.54) is 5.56 Å². The van der Waals surface area contributed by atoms with Crippen molar-refractivity contribution in [1.82, 2.24) is 5.32 Å². The lowest BCUT2D eigenvalue weighted by molar-refractivity contribution is -0.123. The number of nitrogens with one attached hydrogen (secondary N) is 1. The van der Waals surface area contributed by atoms with Gasteiger partial charge in [-0.05, 0) is 35.3 Å². The molecule has 0 heterocycles. The molecule has 0 aromatic heterocycles. The largest absolute Gasteiger partial charge is 0.354 e. The first-order valence-corrected chi connectivity index (χ1v) is 8.00. The van der Waals surface area contributed by atoms with Crippen LogP contribution in [0.5, 0.6) is 0 Å². The zero-order chi connectivity index (χ0) is 15.6. The highest BCUT2D eigenvalue weighted by molar-refractivity contribution is 5.85. The van der Waals surface area contributed by atoms with E-state index in [2.05, 4.69) is 57.3 Å². The highest BCUT2D eigenvalue weighted by Gasteiger charge is 2.52. The zero-order valence-corrected chi connectivity index (χ0v) is 14.9. The van der Waals surface area contributed by atoms with Crippen LogP contribution in [0.2, 0.25) is 0 Å². The van der Waals surface area contributed by atoms with Crippen LogP contribution in [-0.2, 0) is 4.79 Å². The van der Waals surface area contributed by atoms with Gasteiger partial charge in [0.05, 0.1) is 0 Å². The maximum Gasteiger partial charge on any atom is 0.223 e. The third-order valence-corrected chi connectivity index (χ3v) is 5.00. The van der Waals surface area contributed by atoms with Crippen molar-refractivity contribution in [2.45, 2.75) is 52.5 Å². The fraction of sp³-hybridized carbons (Fsp3) is 0.611. The van der Waals surface area contributed by atoms with Crippen LogP contribution in [0.3, 0.4) is 0 Å². The molecule has 2 rings (SSSR count). The molecule has 0 spiro atoms. The van der Waals surface area contributed by atoms with E-state index in [0.717, 1.165) is 18.4 Å². The van der Waals surface area contributed by atoms with E-state index in [4.69, 9.17) is 5.73 Å². The summed E-state index contributed by atoms with van der Waals surface area (Å²) in [5, 5.41) is 3.01. The van der Waals surface area contributed by atoms with E-state index < -0.39 is 0 Å². The molecule has 1 aliphatic carbocycles. The van der Waals surface area contributed by atoms with Crippen molar-refractivity contribution in [2.75, 3.05) is 6.54 Å². The van der Waals surface area contributed by atoms with Gasteiger partial charge in [0, 0.05) is 18.5 Å². The summed E-state index contributed by atoms with van der Waals surface area (Å²) < 4.78 is 0. The normalized spacial score (nSPS) is 24.5. The Bertz CT molecular complexity index is 500. The fourth-order valence-corrected chi connectivity index (χ4v) is 2.79. The van der Waals surface area contributed by atoms with Crippen LogP contribution in [0, 0.1) is 11.3 Å². The maximum atomic E-state index is 12.1. The van der Waals surface area contributed by atoms with E-state index in [-0.39, 0.29) is 35.7 Å². The summed E-state index contributed by atoms with van der Waals surface area (Å²) in [5.74, 6) is 0.864. The van der Waals surface area contributed by atoms with Crippen LogP contribution >= 0.6 is 12.4 Å². The number of carbonyl (C=O) groups excluding carboxylic acids is 1. The summed E-state index contributed by atoms with van der Waals surface area (Å²) >= 11 is 0. The number of amides is 1. The summed E-state index contributed by atoms with van der Waals surface area (Å²) in [7, 11) is 0. The molecular formula is C18H29ClN2O.